The second kappa shape index (κ2) is 8.74. The molecule has 0 radical (unpaired) electrons. The number of hydrogen-bond acceptors (Lipinski definition) is 5. The van der Waals surface area contributed by atoms with Crippen LogP contribution in [-0.2, 0) is 11.3 Å². The van der Waals surface area contributed by atoms with Crippen molar-refractivity contribution in [2.24, 2.45) is 5.92 Å². The number of nitrogens with zero attached hydrogens (tertiary/aromatic N) is 4. The van der Waals surface area contributed by atoms with Gasteiger partial charge in [0, 0.05) is 51.7 Å². The summed E-state index contributed by atoms with van der Waals surface area (Å²) in [5.74, 6) is 0.523. The molecule has 3 heterocycles. The minimum atomic E-state index is 0.163. The largest absolute Gasteiger partial charge is 0.348 e. The van der Waals surface area contributed by atoms with E-state index in [4.69, 9.17) is 4.98 Å². The molecule has 156 valence electrons. The van der Waals surface area contributed by atoms with Crippen molar-refractivity contribution in [3.63, 3.8) is 0 Å². The molecule has 3 aromatic rings. The molecule has 2 aliphatic heterocycles. The van der Waals surface area contributed by atoms with Crippen LogP contribution in [-0.4, -0.2) is 60.0 Å². The molecule has 5 rings (SSSR count). The number of rotatable bonds is 4. The summed E-state index contributed by atoms with van der Waals surface area (Å²) in [5, 5.41) is 1.09. The van der Waals surface area contributed by atoms with Gasteiger partial charge in [0.2, 0.25) is 5.91 Å². The summed E-state index contributed by atoms with van der Waals surface area (Å²) in [4.78, 5) is 24.8. The third-order valence-electron chi connectivity index (χ3n) is 6.33. The molecular formula is C24H28N4OS. The second-order valence-corrected chi connectivity index (χ2v) is 9.32. The molecule has 2 saturated heterocycles. The van der Waals surface area contributed by atoms with E-state index >= 15 is 0 Å². The van der Waals surface area contributed by atoms with E-state index < -0.39 is 0 Å². The lowest BCUT2D eigenvalue weighted by molar-refractivity contribution is -0.138. The number of fused-ring (bicyclic) bond motifs is 1. The Hall–Kier alpha value is -2.44. The molecule has 0 saturated carbocycles. The van der Waals surface area contributed by atoms with E-state index in [0.717, 1.165) is 69.3 Å². The zero-order chi connectivity index (χ0) is 20.3. The van der Waals surface area contributed by atoms with Crippen LogP contribution >= 0.6 is 11.3 Å². The average molecular weight is 421 g/mol. The minimum Gasteiger partial charge on any atom is -0.348 e. The first-order chi connectivity index (χ1) is 14.8. The number of benzene rings is 2. The summed E-state index contributed by atoms with van der Waals surface area (Å²) in [6.45, 7) is 6.45. The topological polar surface area (TPSA) is 39.7 Å². The predicted octanol–water partition coefficient (Wildman–Crippen LogP) is 3.86. The SMILES string of the molecule is O=C(C1CCN(c2nc3ccccc3s2)CC1)N1CCN(Cc2ccccc2)CC1. The monoisotopic (exact) mass is 420 g/mol. The van der Waals surface area contributed by atoms with Gasteiger partial charge in [-0.2, -0.15) is 0 Å². The van der Waals surface area contributed by atoms with Gasteiger partial charge in [-0.1, -0.05) is 53.8 Å². The number of para-hydroxylation sites is 1. The second-order valence-electron chi connectivity index (χ2n) is 8.31. The van der Waals surface area contributed by atoms with Gasteiger partial charge < -0.3 is 9.80 Å². The first kappa shape index (κ1) is 19.5. The number of piperidine rings is 1. The number of thiazole rings is 1. The standard InChI is InChI=1S/C24H28N4OS/c29-23(27-16-14-26(15-17-27)18-19-6-2-1-3-7-19)20-10-12-28(13-11-20)24-25-21-8-4-5-9-22(21)30-24/h1-9,20H,10-18H2. The van der Waals surface area contributed by atoms with E-state index in [0.29, 0.717) is 5.91 Å². The summed E-state index contributed by atoms with van der Waals surface area (Å²) in [5.41, 5.74) is 2.42. The smallest absolute Gasteiger partial charge is 0.225 e. The van der Waals surface area contributed by atoms with Crippen LogP contribution in [0.3, 0.4) is 0 Å². The lowest BCUT2D eigenvalue weighted by Crippen LogP contribution is -2.51. The Kier molecular flexibility index (Phi) is 5.69. The zero-order valence-corrected chi connectivity index (χ0v) is 18.1. The maximum absolute atomic E-state index is 13.1. The Morgan fingerprint density at radius 1 is 0.900 bits per heavy atom. The van der Waals surface area contributed by atoms with Crippen LogP contribution in [0.1, 0.15) is 18.4 Å². The summed E-state index contributed by atoms with van der Waals surface area (Å²) in [7, 11) is 0. The van der Waals surface area contributed by atoms with E-state index in [9.17, 15) is 4.79 Å². The summed E-state index contributed by atoms with van der Waals surface area (Å²) in [6.07, 6.45) is 1.86. The lowest BCUT2D eigenvalue weighted by Gasteiger charge is -2.38. The number of amides is 1. The molecule has 0 unspecified atom stereocenters. The van der Waals surface area contributed by atoms with Gasteiger partial charge >= 0.3 is 0 Å². The van der Waals surface area contributed by atoms with Gasteiger partial charge in [-0.3, -0.25) is 9.69 Å². The number of piperazine rings is 1. The fourth-order valence-electron chi connectivity index (χ4n) is 4.54. The normalized spacial score (nSPS) is 18.8. The Bertz CT molecular complexity index is 956. The maximum atomic E-state index is 13.1. The summed E-state index contributed by atoms with van der Waals surface area (Å²) >= 11 is 1.76. The van der Waals surface area contributed by atoms with Crippen molar-refractivity contribution in [2.75, 3.05) is 44.2 Å². The van der Waals surface area contributed by atoms with Crippen molar-refractivity contribution in [1.29, 1.82) is 0 Å². The van der Waals surface area contributed by atoms with Crippen molar-refractivity contribution in [3.8, 4) is 0 Å². The first-order valence-corrected chi connectivity index (χ1v) is 11.7. The van der Waals surface area contributed by atoms with Gasteiger partial charge in [-0.05, 0) is 30.5 Å². The van der Waals surface area contributed by atoms with Crippen LogP contribution in [0.15, 0.2) is 54.6 Å². The highest BCUT2D eigenvalue weighted by molar-refractivity contribution is 7.22. The Balaban J connectivity index is 1.12. The first-order valence-electron chi connectivity index (χ1n) is 10.9. The number of carbonyl (C=O) groups is 1. The van der Waals surface area contributed by atoms with Gasteiger partial charge in [0.05, 0.1) is 10.2 Å². The number of anilines is 1. The maximum Gasteiger partial charge on any atom is 0.225 e. The summed E-state index contributed by atoms with van der Waals surface area (Å²) < 4.78 is 1.24. The van der Waals surface area contributed by atoms with Crippen molar-refractivity contribution in [3.05, 3.63) is 60.2 Å². The van der Waals surface area contributed by atoms with E-state index in [1.165, 1.54) is 10.3 Å². The third-order valence-corrected chi connectivity index (χ3v) is 7.43. The Morgan fingerprint density at radius 3 is 2.33 bits per heavy atom. The van der Waals surface area contributed by atoms with Crippen LogP contribution in [0.2, 0.25) is 0 Å². The highest BCUT2D eigenvalue weighted by Gasteiger charge is 2.31. The summed E-state index contributed by atoms with van der Waals surface area (Å²) in [6, 6.07) is 18.9. The molecule has 2 aliphatic rings. The fraction of sp³-hybridized carbons (Fsp3) is 0.417. The molecular weight excluding hydrogens is 392 g/mol. The van der Waals surface area contributed by atoms with Crippen LogP contribution in [0.25, 0.3) is 10.2 Å². The van der Waals surface area contributed by atoms with E-state index in [-0.39, 0.29) is 5.92 Å². The van der Waals surface area contributed by atoms with E-state index in [1.54, 1.807) is 11.3 Å². The molecule has 0 bridgehead atoms. The molecule has 0 atom stereocenters. The van der Waals surface area contributed by atoms with E-state index in [2.05, 4.69) is 63.2 Å². The van der Waals surface area contributed by atoms with Gasteiger partial charge in [-0.15, -0.1) is 0 Å². The zero-order valence-electron chi connectivity index (χ0n) is 17.2. The molecule has 2 aromatic carbocycles. The molecule has 0 aliphatic carbocycles. The van der Waals surface area contributed by atoms with Crippen LogP contribution < -0.4 is 4.90 Å². The predicted molar refractivity (Wildman–Crippen MR) is 123 cm³/mol. The van der Waals surface area contributed by atoms with Crippen LogP contribution in [0.4, 0.5) is 5.13 Å². The van der Waals surface area contributed by atoms with E-state index in [1.807, 2.05) is 6.07 Å². The van der Waals surface area contributed by atoms with Gasteiger partial charge in [-0.25, -0.2) is 4.98 Å². The van der Waals surface area contributed by atoms with Crippen molar-refractivity contribution >= 4 is 32.6 Å². The number of hydrogen-bond donors (Lipinski definition) is 0. The van der Waals surface area contributed by atoms with Gasteiger partial charge in [0.1, 0.15) is 0 Å². The van der Waals surface area contributed by atoms with Crippen LogP contribution in [0, 0.1) is 5.92 Å². The number of aromatic nitrogens is 1. The molecule has 1 amide bonds. The highest BCUT2D eigenvalue weighted by Crippen LogP contribution is 2.31. The minimum absolute atomic E-state index is 0.163. The van der Waals surface area contributed by atoms with Gasteiger partial charge in [0.25, 0.3) is 0 Å². The third kappa shape index (κ3) is 4.20. The molecule has 5 nitrogen and oxygen atoms in total. The molecule has 1 aromatic heterocycles. The highest BCUT2D eigenvalue weighted by atomic mass is 32.1. The van der Waals surface area contributed by atoms with Crippen molar-refractivity contribution < 1.29 is 4.79 Å². The van der Waals surface area contributed by atoms with Gasteiger partial charge in [0.15, 0.2) is 5.13 Å². The molecule has 0 spiro atoms. The van der Waals surface area contributed by atoms with Crippen molar-refractivity contribution in [2.45, 2.75) is 19.4 Å². The lowest BCUT2D eigenvalue weighted by atomic mass is 9.95. The molecule has 2 fully saturated rings. The number of carbonyl (C=O) groups excluding carboxylic acids is 1. The van der Waals surface area contributed by atoms with Crippen molar-refractivity contribution in [1.82, 2.24) is 14.8 Å². The Morgan fingerprint density at radius 2 is 1.60 bits per heavy atom. The molecule has 6 heteroatoms. The molecule has 30 heavy (non-hydrogen) atoms. The average Bonchev–Trinajstić information content (AvgIpc) is 3.24. The fourth-order valence-corrected chi connectivity index (χ4v) is 5.56. The molecule has 0 N–H and O–H groups in total. The Labute approximate surface area is 181 Å². The van der Waals surface area contributed by atoms with Crippen LogP contribution in [0.5, 0.6) is 0 Å². The quantitative estimate of drug-likeness (QED) is 0.643.